The maximum absolute atomic E-state index is 11.9. The van der Waals surface area contributed by atoms with Gasteiger partial charge in [-0.05, 0) is 18.6 Å². The van der Waals surface area contributed by atoms with Crippen molar-refractivity contribution in [1.82, 2.24) is 9.71 Å². The largest absolute Gasteiger partial charge is 0.380 e. The summed E-state index contributed by atoms with van der Waals surface area (Å²) < 4.78 is 31.4. The Hall–Kier alpha value is -1.22. The lowest BCUT2D eigenvalue weighted by atomic mass is 10.4. The van der Waals surface area contributed by atoms with Crippen LogP contribution in [-0.4, -0.2) is 33.2 Å². The number of anilines is 1. The maximum atomic E-state index is 11.9. The van der Waals surface area contributed by atoms with Crippen LogP contribution in [0.15, 0.2) is 23.2 Å². The first kappa shape index (κ1) is 15.8. The van der Waals surface area contributed by atoms with Crippen molar-refractivity contribution in [2.75, 3.05) is 25.2 Å². The Morgan fingerprint density at radius 2 is 2.16 bits per heavy atom. The summed E-state index contributed by atoms with van der Waals surface area (Å²) >= 11 is 0. The molecule has 0 unspecified atom stereocenters. The van der Waals surface area contributed by atoms with Gasteiger partial charge in [0, 0.05) is 19.3 Å². The van der Waals surface area contributed by atoms with Crippen LogP contribution in [-0.2, 0) is 14.8 Å². The van der Waals surface area contributed by atoms with Crippen LogP contribution in [0, 0.1) is 0 Å². The number of rotatable bonds is 9. The molecule has 1 rings (SSSR count). The topological polar surface area (TPSA) is 106 Å². The molecule has 0 aliphatic heterocycles. The predicted octanol–water partition coefficient (Wildman–Crippen LogP) is 0.462. The molecule has 0 amide bonds. The molecule has 0 aromatic carbocycles. The number of unbranched alkanes of at least 4 members (excludes halogenated alkanes) is 1. The van der Waals surface area contributed by atoms with Crippen LogP contribution in [0.1, 0.15) is 19.8 Å². The number of hydrogen-bond acceptors (Lipinski definition) is 6. The first-order valence-electron chi connectivity index (χ1n) is 6.10. The van der Waals surface area contributed by atoms with E-state index in [1.807, 2.05) is 0 Å². The molecule has 0 bridgehead atoms. The van der Waals surface area contributed by atoms with Gasteiger partial charge in [0.2, 0.25) is 10.0 Å². The van der Waals surface area contributed by atoms with Gasteiger partial charge in [0.15, 0.2) is 0 Å². The number of nitrogens with zero attached hydrogens (tertiary/aromatic N) is 1. The second-order valence-corrected chi connectivity index (χ2v) is 5.65. The summed E-state index contributed by atoms with van der Waals surface area (Å²) in [5.41, 5.74) is 2.33. The number of pyridine rings is 1. The van der Waals surface area contributed by atoms with Crippen LogP contribution in [0.3, 0.4) is 0 Å². The third-order valence-electron chi connectivity index (χ3n) is 2.38. The molecule has 1 aromatic rings. The molecule has 8 heteroatoms. The molecule has 0 aliphatic carbocycles. The Balaban J connectivity index is 2.42. The first-order chi connectivity index (χ1) is 9.10. The molecule has 0 aliphatic rings. The predicted molar refractivity (Wildman–Crippen MR) is 73.0 cm³/mol. The highest BCUT2D eigenvalue weighted by atomic mass is 32.2. The summed E-state index contributed by atoms with van der Waals surface area (Å²) in [6.07, 6.45) is 3.28. The van der Waals surface area contributed by atoms with E-state index in [9.17, 15) is 8.42 Å². The molecule has 0 fully saturated rings. The van der Waals surface area contributed by atoms with Gasteiger partial charge in [0.25, 0.3) is 0 Å². The fraction of sp³-hybridized carbons (Fsp3) is 0.545. The van der Waals surface area contributed by atoms with Crippen molar-refractivity contribution in [3.05, 3.63) is 18.3 Å². The summed E-state index contributed by atoms with van der Waals surface area (Å²) in [5, 5.41) is 0. The van der Waals surface area contributed by atoms with E-state index in [1.165, 1.54) is 18.3 Å². The van der Waals surface area contributed by atoms with E-state index in [-0.39, 0.29) is 11.4 Å². The number of ether oxygens (including phenoxy) is 1. The molecule has 0 saturated heterocycles. The smallest absolute Gasteiger partial charge is 0.242 e. The van der Waals surface area contributed by atoms with E-state index in [0.717, 1.165) is 12.8 Å². The monoisotopic (exact) mass is 288 g/mol. The number of sulfonamides is 1. The third-order valence-corrected chi connectivity index (χ3v) is 3.82. The highest BCUT2D eigenvalue weighted by Crippen LogP contribution is 2.09. The normalized spacial score (nSPS) is 11.5. The molecule has 1 aromatic heterocycles. The van der Waals surface area contributed by atoms with Crippen molar-refractivity contribution in [1.29, 1.82) is 0 Å². The second kappa shape index (κ2) is 8.05. The van der Waals surface area contributed by atoms with Crippen molar-refractivity contribution >= 4 is 15.8 Å². The van der Waals surface area contributed by atoms with E-state index < -0.39 is 10.0 Å². The van der Waals surface area contributed by atoms with E-state index in [2.05, 4.69) is 22.1 Å². The maximum Gasteiger partial charge on any atom is 0.242 e. The lowest BCUT2D eigenvalue weighted by Gasteiger charge is -2.07. The van der Waals surface area contributed by atoms with Gasteiger partial charge in [-0.1, -0.05) is 13.3 Å². The first-order valence-corrected chi connectivity index (χ1v) is 7.58. The third kappa shape index (κ3) is 5.52. The standard InChI is InChI=1S/C11H20N4O3S/c1-2-3-7-18-8-6-14-19(16,17)10-4-5-11(15-12)13-9-10/h4-5,9,14H,2-3,6-8,12H2,1H3,(H,13,15). The van der Waals surface area contributed by atoms with Crippen LogP contribution < -0.4 is 16.0 Å². The number of nitrogens with two attached hydrogens (primary N) is 1. The molecule has 0 spiro atoms. The quantitative estimate of drug-likeness (QED) is 0.346. The van der Waals surface area contributed by atoms with Gasteiger partial charge in [-0.25, -0.2) is 24.0 Å². The lowest BCUT2D eigenvalue weighted by molar-refractivity contribution is 0.136. The fourth-order valence-corrected chi connectivity index (χ4v) is 2.26. The van der Waals surface area contributed by atoms with Gasteiger partial charge in [0.05, 0.1) is 6.61 Å². The van der Waals surface area contributed by atoms with Gasteiger partial charge >= 0.3 is 0 Å². The van der Waals surface area contributed by atoms with Crippen LogP contribution in [0.2, 0.25) is 0 Å². The van der Waals surface area contributed by atoms with Gasteiger partial charge in [-0.3, -0.25) is 0 Å². The zero-order valence-corrected chi connectivity index (χ0v) is 11.7. The summed E-state index contributed by atoms with van der Waals surface area (Å²) in [7, 11) is -3.54. The van der Waals surface area contributed by atoms with Gasteiger partial charge in [-0.15, -0.1) is 0 Å². The average Bonchev–Trinajstić information content (AvgIpc) is 2.43. The number of nitrogens with one attached hydrogen (secondary N) is 2. The van der Waals surface area contributed by atoms with Crippen LogP contribution in [0.25, 0.3) is 0 Å². The number of nitrogen functional groups attached to an aromatic ring is 1. The van der Waals surface area contributed by atoms with E-state index in [1.54, 1.807) is 0 Å². The highest BCUT2D eigenvalue weighted by molar-refractivity contribution is 7.89. The lowest BCUT2D eigenvalue weighted by Crippen LogP contribution is -2.27. The Morgan fingerprint density at radius 3 is 2.74 bits per heavy atom. The molecule has 108 valence electrons. The molecule has 0 saturated carbocycles. The fourth-order valence-electron chi connectivity index (χ4n) is 1.30. The zero-order valence-electron chi connectivity index (χ0n) is 10.9. The Morgan fingerprint density at radius 1 is 1.37 bits per heavy atom. The molecule has 19 heavy (non-hydrogen) atoms. The Kier molecular flexibility index (Phi) is 6.71. The molecule has 0 atom stereocenters. The van der Waals surface area contributed by atoms with Crippen molar-refractivity contribution in [3.63, 3.8) is 0 Å². The summed E-state index contributed by atoms with van der Waals surface area (Å²) in [4.78, 5) is 3.94. The molecule has 7 nitrogen and oxygen atoms in total. The SMILES string of the molecule is CCCCOCCNS(=O)(=O)c1ccc(NN)nc1. The summed E-state index contributed by atoms with van der Waals surface area (Å²) in [5.74, 6) is 5.56. The Bertz CT molecular complexity index is 461. The molecule has 0 radical (unpaired) electrons. The number of hydrazine groups is 1. The van der Waals surface area contributed by atoms with Gasteiger partial charge < -0.3 is 10.2 Å². The van der Waals surface area contributed by atoms with E-state index >= 15 is 0 Å². The summed E-state index contributed by atoms with van der Waals surface area (Å²) in [6, 6.07) is 2.93. The minimum Gasteiger partial charge on any atom is -0.380 e. The van der Waals surface area contributed by atoms with Crippen molar-refractivity contribution < 1.29 is 13.2 Å². The van der Waals surface area contributed by atoms with Crippen molar-refractivity contribution in [2.24, 2.45) is 5.84 Å². The zero-order chi connectivity index (χ0) is 14.1. The molecule has 1 heterocycles. The minimum absolute atomic E-state index is 0.0973. The van der Waals surface area contributed by atoms with Crippen LogP contribution >= 0.6 is 0 Å². The average molecular weight is 288 g/mol. The minimum atomic E-state index is -3.54. The van der Waals surface area contributed by atoms with E-state index in [4.69, 9.17) is 10.6 Å². The van der Waals surface area contributed by atoms with Gasteiger partial charge in [-0.2, -0.15) is 0 Å². The van der Waals surface area contributed by atoms with Crippen molar-refractivity contribution in [2.45, 2.75) is 24.7 Å². The van der Waals surface area contributed by atoms with E-state index in [0.29, 0.717) is 19.0 Å². The van der Waals surface area contributed by atoms with Gasteiger partial charge in [0.1, 0.15) is 10.7 Å². The second-order valence-electron chi connectivity index (χ2n) is 3.89. The Labute approximate surface area is 113 Å². The molecular weight excluding hydrogens is 268 g/mol. The highest BCUT2D eigenvalue weighted by Gasteiger charge is 2.13. The molecular formula is C11H20N4O3S. The number of aromatic nitrogens is 1. The van der Waals surface area contributed by atoms with Crippen molar-refractivity contribution in [3.8, 4) is 0 Å². The molecule has 4 N–H and O–H groups in total. The van der Waals surface area contributed by atoms with Crippen LogP contribution in [0.4, 0.5) is 5.82 Å². The summed E-state index contributed by atoms with van der Waals surface area (Å²) in [6.45, 7) is 3.31. The van der Waals surface area contributed by atoms with Crippen LogP contribution in [0.5, 0.6) is 0 Å². The number of hydrogen-bond donors (Lipinski definition) is 3.